The number of hydrogen-bond acceptors (Lipinski definition) is 4. The van der Waals surface area contributed by atoms with Crippen LogP contribution in [0.4, 0.5) is 32.2 Å². The molecule has 3 rings (SSSR count). The summed E-state index contributed by atoms with van der Waals surface area (Å²) in [6.45, 7) is 0. The number of aromatic nitrogens is 2. The van der Waals surface area contributed by atoms with Gasteiger partial charge in [0, 0.05) is 0 Å². The zero-order valence-electron chi connectivity index (χ0n) is 11.7. The average Bonchev–Trinajstić information content (AvgIpc) is 3.18. The normalized spacial score (nSPS) is 17.0. The minimum Gasteiger partial charge on any atom is -0.383 e. The van der Waals surface area contributed by atoms with Gasteiger partial charge in [0.05, 0.1) is 27.4 Å². The minimum absolute atomic E-state index is 0.266. The lowest BCUT2D eigenvalue weighted by atomic mass is 10.1. The first-order valence-electron chi connectivity index (χ1n) is 6.40. The zero-order valence-corrected chi connectivity index (χ0v) is 13.2. The number of halogens is 8. The number of benzene rings is 1. The number of nitrogens with zero attached hydrogens (tertiary/aromatic N) is 2. The van der Waals surface area contributed by atoms with Gasteiger partial charge in [0.2, 0.25) is 5.66 Å². The standard InChI is InChI=1S/C12H7Cl2F6N5/c13-6-1-4(11(15,16)17)2-7(14)8(6)25-9(21)5(3-22-25)10(23-24-10)12(18,19)20/h1-3,23-24H,21H2. The molecule has 5 nitrogen and oxygen atoms in total. The fourth-order valence-electron chi connectivity index (χ4n) is 2.25. The van der Waals surface area contributed by atoms with Gasteiger partial charge in [0.1, 0.15) is 11.5 Å². The van der Waals surface area contributed by atoms with Crippen LogP contribution < -0.4 is 16.6 Å². The average molecular weight is 406 g/mol. The number of nitrogens with two attached hydrogens (primary N) is 1. The Hall–Kier alpha value is -1.69. The third kappa shape index (κ3) is 2.80. The quantitative estimate of drug-likeness (QED) is 0.526. The fourth-order valence-corrected chi connectivity index (χ4v) is 2.90. The van der Waals surface area contributed by atoms with Gasteiger partial charge in [0.15, 0.2) is 0 Å². The van der Waals surface area contributed by atoms with Crippen LogP contribution in [0, 0.1) is 0 Å². The molecule has 25 heavy (non-hydrogen) atoms. The highest BCUT2D eigenvalue weighted by molar-refractivity contribution is 6.38. The Morgan fingerprint density at radius 1 is 1.04 bits per heavy atom. The Balaban J connectivity index is 2.11. The predicted octanol–water partition coefficient (Wildman–Crippen LogP) is 3.60. The van der Waals surface area contributed by atoms with Crippen LogP contribution in [0.5, 0.6) is 0 Å². The number of hydrazine groups is 1. The maximum atomic E-state index is 13.1. The lowest BCUT2D eigenvalue weighted by molar-refractivity contribution is -0.165. The molecule has 1 saturated heterocycles. The van der Waals surface area contributed by atoms with Gasteiger partial charge in [-0.15, -0.1) is 0 Å². The monoisotopic (exact) mass is 405 g/mol. The maximum Gasteiger partial charge on any atom is 0.426 e. The number of nitrogens with one attached hydrogen (secondary N) is 2. The molecule has 1 aliphatic heterocycles. The van der Waals surface area contributed by atoms with Crippen LogP contribution in [0.15, 0.2) is 18.3 Å². The van der Waals surface area contributed by atoms with Crippen molar-refractivity contribution in [2.45, 2.75) is 18.0 Å². The summed E-state index contributed by atoms with van der Waals surface area (Å²) >= 11 is 11.6. The van der Waals surface area contributed by atoms with E-state index in [4.69, 9.17) is 28.9 Å². The predicted molar refractivity (Wildman–Crippen MR) is 77.0 cm³/mol. The molecule has 1 aliphatic rings. The molecular weight excluding hydrogens is 399 g/mol. The zero-order chi connectivity index (χ0) is 18.8. The topological polar surface area (TPSA) is 87.7 Å². The minimum atomic E-state index is -4.73. The summed E-state index contributed by atoms with van der Waals surface area (Å²) in [4.78, 5) is 0. The molecule has 0 atom stereocenters. The highest BCUT2D eigenvalue weighted by Gasteiger charge is 2.66. The third-order valence-electron chi connectivity index (χ3n) is 3.57. The summed E-state index contributed by atoms with van der Waals surface area (Å²) in [6.07, 6.45) is -8.61. The summed E-state index contributed by atoms with van der Waals surface area (Å²) in [6, 6.07) is 1.16. The molecule has 4 N–H and O–H groups in total. The van der Waals surface area contributed by atoms with Crippen LogP contribution in [0.1, 0.15) is 11.1 Å². The largest absolute Gasteiger partial charge is 0.426 e. The second-order valence-corrected chi connectivity index (χ2v) is 5.95. The van der Waals surface area contributed by atoms with E-state index in [0.29, 0.717) is 12.1 Å². The Morgan fingerprint density at radius 2 is 1.56 bits per heavy atom. The Bertz CT molecular complexity index is 816. The van der Waals surface area contributed by atoms with Crippen molar-refractivity contribution in [1.29, 1.82) is 0 Å². The summed E-state index contributed by atoms with van der Waals surface area (Å²) in [5.74, 6) is -0.488. The molecule has 2 heterocycles. The van der Waals surface area contributed by atoms with E-state index >= 15 is 0 Å². The molecule has 0 radical (unpaired) electrons. The van der Waals surface area contributed by atoms with Gasteiger partial charge in [-0.05, 0) is 12.1 Å². The van der Waals surface area contributed by atoms with Crippen LogP contribution in [0.25, 0.3) is 5.69 Å². The van der Waals surface area contributed by atoms with Gasteiger partial charge in [-0.25, -0.2) is 15.5 Å². The highest BCUT2D eigenvalue weighted by atomic mass is 35.5. The second-order valence-electron chi connectivity index (χ2n) is 5.14. The van der Waals surface area contributed by atoms with E-state index in [1.165, 1.54) is 0 Å². The van der Waals surface area contributed by atoms with Gasteiger partial charge in [-0.1, -0.05) is 23.2 Å². The molecule has 0 spiro atoms. The Morgan fingerprint density at radius 3 is 1.96 bits per heavy atom. The molecule has 0 saturated carbocycles. The molecular formula is C12H7Cl2F6N5. The molecule has 0 bridgehead atoms. The number of rotatable bonds is 2. The van der Waals surface area contributed by atoms with Crippen molar-refractivity contribution in [1.82, 2.24) is 20.6 Å². The van der Waals surface area contributed by atoms with Crippen LogP contribution >= 0.6 is 23.2 Å². The second kappa shape index (κ2) is 5.40. The lowest BCUT2D eigenvalue weighted by Crippen LogP contribution is -2.35. The molecule has 1 fully saturated rings. The van der Waals surface area contributed by atoms with Crippen LogP contribution in [-0.4, -0.2) is 16.0 Å². The van der Waals surface area contributed by atoms with Crippen molar-refractivity contribution in [3.63, 3.8) is 0 Å². The summed E-state index contributed by atoms with van der Waals surface area (Å²) in [5.41, 5.74) is 5.16. The SMILES string of the molecule is Nc1c(C2(C(F)(F)F)NN2)cnn1-c1c(Cl)cc(C(F)(F)F)cc1Cl. The van der Waals surface area contributed by atoms with Crippen molar-refractivity contribution in [2.75, 3.05) is 5.73 Å². The smallest absolute Gasteiger partial charge is 0.383 e. The number of alkyl halides is 6. The Kier molecular flexibility index (Phi) is 3.91. The van der Waals surface area contributed by atoms with Crippen molar-refractivity contribution in [2.24, 2.45) is 0 Å². The van der Waals surface area contributed by atoms with E-state index in [-0.39, 0.29) is 5.69 Å². The summed E-state index contributed by atoms with van der Waals surface area (Å²) in [7, 11) is 0. The van der Waals surface area contributed by atoms with E-state index in [0.717, 1.165) is 10.9 Å². The number of hydrogen-bond donors (Lipinski definition) is 3. The van der Waals surface area contributed by atoms with Crippen LogP contribution in [0.3, 0.4) is 0 Å². The third-order valence-corrected chi connectivity index (χ3v) is 4.14. The van der Waals surface area contributed by atoms with Crippen molar-refractivity contribution in [3.05, 3.63) is 39.5 Å². The molecule has 0 aliphatic carbocycles. The summed E-state index contributed by atoms with van der Waals surface area (Å²) in [5, 5.41) is 2.73. The lowest BCUT2D eigenvalue weighted by Gasteiger charge is -2.16. The van der Waals surface area contributed by atoms with Gasteiger partial charge < -0.3 is 5.73 Å². The summed E-state index contributed by atoms with van der Waals surface area (Å²) < 4.78 is 78.4. The van der Waals surface area contributed by atoms with Gasteiger partial charge in [-0.2, -0.15) is 31.4 Å². The van der Waals surface area contributed by atoms with Crippen LogP contribution in [-0.2, 0) is 11.8 Å². The molecule has 0 amide bonds. The van der Waals surface area contributed by atoms with E-state index in [1.807, 2.05) is 10.9 Å². The first-order chi connectivity index (χ1) is 11.4. The molecule has 1 aromatic carbocycles. The van der Waals surface area contributed by atoms with Gasteiger partial charge in [-0.3, -0.25) is 0 Å². The Labute approximate surface area is 145 Å². The van der Waals surface area contributed by atoms with Crippen LogP contribution in [0.2, 0.25) is 10.0 Å². The fraction of sp³-hybridized carbons (Fsp3) is 0.250. The molecule has 0 unspecified atom stereocenters. The first-order valence-corrected chi connectivity index (χ1v) is 7.16. The molecule has 1 aromatic heterocycles. The van der Waals surface area contributed by atoms with Gasteiger partial charge in [0.25, 0.3) is 0 Å². The van der Waals surface area contributed by atoms with Gasteiger partial charge >= 0.3 is 12.4 Å². The maximum absolute atomic E-state index is 13.1. The van der Waals surface area contributed by atoms with E-state index in [2.05, 4.69) is 5.10 Å². The van der Waals surface area contributed by atoms with Crippen molar-refractivity contribution >= 4 is 29.0 Å². The number of anilines is 1. The molecule has 2 aromatic rings. The van der Waals surface area contributed by atoms with Crippen molar-refractivity contribution in [3.8, 4) is 5.69 Å². The molecule has 136 valence electrons. The molecule has 13 heteroatoms. The van der Waals surface area contributed by atoms with E-state index in [9.17, 15) is 26.3 Å². The van der Waals surface area contributed by atoms with E-state index in [1.54, 1.807) is 0 Å². The number of nitrogen functional groups attached to an aromatic ring is 1. The highest BCUT2D eigenvalue weighted by Crippen LogP contribution is 2.45. The first kappa shape index (κ1) is 18.1. The van der Waals surface area contributed by atoms with E-state index < -0.39 is 45.0 Å². The van der Waals surface area contributed by atoms with Crippen molar-refractivity contribution < 1.29 is 26.3 Å².